The van der Waals surface area contributed by atoms with E-state index < -0.39 is 6.10 Å². The Morgan fingerprint density at radius 3 is 2.85 bits per heavy atom. The van der Waals surface area contributed by atoms with Gasteiger partial charge in [0.15, 0.2) is 0 Å². The maximum atomic E-state index is 9.73. The molecule has 0 spiro atoms. The zero-order chi connectivity index (χ0) is 14.6. The van der Waals surface area contributed by atoms with Crippen LogP contribution in [-0.4, -0.2) is 44.6 Å². The van der Waals surface area contributed by atoms with Gasteiger partial charge in [0, 0.05) is 13.2 Å². The molecule has 0 radical (unpaired) electrons. The van der Waals surface area contributed by atoms with Gasteiger partial charge in [0.2, 0.25) is 0 Å². The molecule has 0 aliphatic heterocycles. The standard InChI is InChI=1S/C16H27NO3/c1-3-4-11-20-13-15(18)12-17-10-9-14-7-5-6-8-16(14)19-2/h5-8,15,17-18H,3-4,9-13H2,1-2H3. The molecule has 0 saturated heterocycles. The zero-order valence-corrected chi connectivity index (χ0v) is 12.6. The molecular formula is C16H27NO3. The Kier molecular flexibility index (Phi) is 9.04. The maximum absolute atomic E-state index is 9.73. The number of hydrogen-bond acceptors (Lipinski definition) is 4. The van der Waals surface area contributed by atoms with Crippen molar-refractivity contribution in [2.24, 2.45) is 0 Å². The Hall–Kier alpha value is -1.10. The molecule has 0 amide bonds. The van der Waals surface area contributed by atoms with Gasteiger partial charge in [-0.05, 0) is 31.0 Å². The van der Waals surface area contributed by atoms with Crippen molar-refractivity contribution in [3.63, 3.8) is 0 Å². The van der Waals surface area contributed by atoms with E-state index in [1.54, 1.807) is 7.11 Å². The van der Waals surface area contributed by atoms with Crippen LogP contribution in [0.4, 0.5) is 0 Å². The van der Waals surface area contributed by atoms with E-state index in [-0.39, 0.29) is 0 Å². The minimum atomic E-state index is -0.440. The molecule has 0 fully saturated rings. The molecule has 0 aliphatic carbocycles. The lowest BCUT2D eigenvalue weighted by Crippen LogP contribution is -2.31. The molecule has 4 nitrogen and oxygen atoms in total. The number of ether oxygens (including phenoxy) is 2. The van der Waals surface area contributed by atoms with Crippen LogP contribution < -0.4 is 10.1 Å². The Morgan fingerprint density at radius 1 is 1.30 bits per heavy atom. The summed E-state index contributed by atoms with van der Waals surface area (Å²) < 4.78 is 10.7. The molecule has 4 heteroatoms. The highest BCUT2D eigenvalue weighted by molar-refractivity contribution is 5.33. The van der Waals surface area contributed by atoms with E-state index >= 15 is 0 Å². The van der Waals surface area contributed by atoms with E-state index in [2.05, 4.69) is 18.3 Å². The second-order valence-electron chi connectivity index (χ2n) is 4.85. The second kappa shape index (κ2) is 10.7. The maximum Gasteiger partial charge on any atom is 0.122 e. The molecule has 0 aromatic heterocycles. The molecule has 20 heavy (non-hydrogen) atoms. The number of aliphatic hydroxyl groups excluding tert-OH is 1. The summed E-state index contributed by atoms with van der Waals surface area (Å²) >= 11 is 0. The van der Waals surface area contributed by atoms with Crippen molar-refractivity contribution in [1.29, 1.82) is 0 Å². The van der Waals surface area contributed by atoms with Crippen molar-refractivity contribution < 1.29 is 14.6 Å². The van der Waals surface area contributed by atoms with Gasteiger partial charge in [0.1, 0.15) is 5.75 Å². The van der Waals surface area contributed by atoms with E-state index in [1.807, 2.05) is 18.2 Å². The fourth-order valence-corrected chi connectivity index (χ4v) is 1.93. The SMILES string of the molecule is CCCCOCC(O)CNCCc1ccccc1OC. The topological polar surface area (TPSA) is 50.7 Å². The lowest BCUT2D eigenvalue weighted by molar-refractivity contribution is 0.0361. The van der Waals surface area contributed by atoms with Gasteiger partial charge < -0.3 is 19.9 Å². The van der Waals surface area contributed by atoms with E-state index in [0.29, 0.717) is 13.2 Å². The number of nitrogens with one attached hydrogen (secondary N) is 1. The first kappa shape index (κ1) is 17.0. The summed E-state index contributed by atoms with van der Waals surface area (Å²) in [7, 11) is 1.68. The van der Waals surface area contributed by atoms with E-state index in [0.717, 1.165) is 38.2 Å². The first-order chi connectivity index (χ1) is 9.77. The summed E-state index contributed by atoms with van der Waals surface area (Å²) in [6.07, 6.45) is 2.61. The fourth-order valence-electron chi connectivity index (χ4n) is 1.93. The van der Waals surface area contributed by atoms with Crippen molar-refractivity contribution >= 4 is 0 Å². The summed E-state index contributed by atoms with van der Waals surface area (Å²) in [4.78, 5) is 0. The quantitative estimate of drug-likeness (QED) is 0.609. The van der Waals surface area contributed by atoms with E-state index in [4.69, 9.17) is 9.47 Å². The summed E-state index contributed by atoms with van der Waals surface area (Å²) in [5.41, 5.74) is 1.18. The molecule has 0 saturated carbocycles. The van der Waals surface area contributed by atoms with Gasteiger partial charge in [-0.2, -0.15) is 0 Å². The number of rotatable bonds is 11. The minimum Gasteiger partial charge on any atom is -0.496 e. The largest absolute Gasteiger partial charge is 0.496 e. The van der Waals surface area contributed by atoms with Crippen molar-refractivity contribution in [1.82, 2.24) is 5.32 Å². The van der Waals surface area contributed by atoms with Gasteiger partial charge in [-0.3, -0.25) is 0 Å². The second-order valence-corrected chi connectivity index (χ2v) is 4.85. The molecule has 0 aliphatic rings. The number of hydrogen-bond donors (Lipinski definition) is 2. The molecule has 2 N–H and O–H groups in total. The zero-order valence-electron chi connectivity index (χ0n) is 12.6. The molecule has 1 aromatic rings. The highest BCUT2D eigenvalue weighted by atomic mass is 16.5. The van der Waals surface area contributed by atoms with Crippen LogP contribution in [-0.2, 0) is 11.2 Å². The van der Waals surface area contributed by atoms with Gasteiger partial charge in [0.25, 0.3) is 0 Å². The van der Waals surface area contributed by atoms with Crippen LogP contribution >= 0.6 is 0 Å². The number of para-hydroxylation sites is 1. The predicted octanol–water partition coefficient (Wildman–Crippen LogP) is 2.00. The third-order valence-corrected chi connectivity index (χ3v) is 3.10. The monoisotopic (exact) mass is 281 g/mol. The molecule has 1 atom stereocenters. The van der Waals surface area contributed by atoms with Gasteiger partial charge in [-0.25, -0.2) is 0 Å². The Bertz CT molecular complexity index is 357. The van der Waals surface area contributed by atoms with Crippen molar-refractivity contribution in [3.05, 3.63) is 29.8 Å². The fraction of sp³-hybridized carbons (Fsp3) is 0.625. The average molecular weight is 281 g/mol. The Balaban J connectivity index is 2.12. The van der Waals surface area contributed by atoms with Crippen LogP contribution in [0.3, 0.4) is 0 Å². The average Bonchev–Trinajstić information content (AvgIpc) is 2.48. The van der Waals surface area contributed by atoms with Gasteiger partial charge in [0.05, 0.1) is 19.8 Å². The summed E-state index contributed by atoms with van der Waals surface area (Å²) in [6, 6.07) is 8.00. The van der Waals surface area contributed by atoms with Crippen molar-refractivity contribution in [2.45, 2.75) is 32.3 Å². The van der Waals surface area contributed by atoms with Crippen LogP contribution in [0.1, 0.15) is 25.3 Å². The first-order valence-corrected chi connectivity index (χ1v) is 7.36. The molecular weight excluding hydrogens is 254 g/mol. The smallest absolute Gasteiger partial charge is 0.122 e. The minimum absolute atomic E-state index is 0.404. The molecule has 0 heterocycles. The summed E-state index contributed by atoms with van der Waals surface area (Å²) in [5.74, 6) is 0.915. The van der Waals surface area contributed by atoms with E-state index in [9.17, 15) is 5.11 Å². The van der Waals surface area contributed by atoms with Crippen LogP contribution in [0, 0.1) is 0 Å². The van der Waals surface area contributed by atoms with Gasteiger partial charge >= 0.3 is 0 Å². The number of benzene rings is 1. The highest BCUT2D eigenvalue weighted by Gasteiger charge is 2.04. The molecule has 0 bridgehead atoms. The normalized spacial score (nSPS) is 12.3. The van der Waals surface area contributed by atoms with Crippen molar-refractivity contribution in [3.8, 4) is 5.75 Å². The lowest BCUT2D eigenvalue weighted by Gasteiger charge is -2.13. The molecule has 1 rings (SSSR count). The van der Waals surface area contributed by atoms with E-state index in [1.165, 1.54) is 5.56 Å². The summed E-state index contributed by atoms with van der Waals surface area (Å²) in [6.45, 7) is 4.63. The van der Waals surface area contributed by atoms with Crippen molar-refractivity contribution in [2.75, 3.05) is 33.4 Å². The third-order valence-electron chi connectivity index (χ3n) is 3.10. The number of unbranched alkanes of at least 4 members (excludes halogenated alkanes) is 1. The lowest BCUT2D eigenvalue weighted by atomic mass is 10.1. The number of methoxy groups -OCH3 is 1. The molecule has 1 unspecified atom stereocenters. The molecule has 1 aromatic carbocycles. The molecule has 114 valence electrons. The van der Waals surface area contributed by atoms with Crippen LogP contribution in [0.2, 0.25) is 0 Å². The Labute approximate surface area is 122 Å². The van der Waals surface area contributed by atoms with Crippen LogP contribution in [0.25, 0.3) is 0 Å². The van der Waals surface area contributed by atoms with Crippen LogP contribution in [0.5, 0.6) is 5.75 Å². The Morgan fingerprint density at radius 2 is 2.10 bits per heavy atom. The summed E-state index contributed by atoms with van der Waals surface area (Å²) in [5, 5.41) is 13.0. The third kappa shape index (κ3) is 6.89. The van der Waals surface area contributed by atoms with Gasteiger partial charge in [-0.15, -0.1) is 0 Å². The van der Waals surface area contributed by atoms with Gasteiger partial charge in [-0.1, -0.05) is 31.5 Å². The number of aliphatic hydroxyl groups is 1. The first-order valence-electron chi connectivity index (χ1n) is 7.36. The highest BCUT2D eigenvalue weighted by Crippen LogP contribution is 2.17. The predicted molar refractivity (Wildman–Crippen MR) is 81.3 cm³/mol. The van der Waals surface area contributed by atoms with Crippen LogP contribution in [0.15, 0.2) is 24.3 Å².